The summed E-state index contributed by atoms with van der Waals surface area (Å²) < 4.78 is 41.5. The predicted octanol–water partition coefficient (Wildman–Crippen LogP) is 4.82. The zero-order valence-corrected chi connectivity index (χ0v) is 16.2. The molecule has 0 aliphatic heterocycles. The Bertz CT molecular complexity index is 1160. The van der Waals surface area contributed by atoms with Crippen molar-refractivity contribution in [3.63, 3.8) is 0 Å². The quantitative estimate of drug-likeness (QED) is 0.629. The van der Waals surface area contributed by atoms with Gasteiger partial charge in [0.05, 0.1) is 22.9 Å². The number of hydrogen-bond acceptors (Lipinski definition) is 3. The molecule has 0 unspecified atom stereocenters. The second kappa shape index (κ2) is 8.75. The van der Waals surface area contributed by atoms with Crippen molar-refractivity contribution in [2.24, 2.45) is 0 Å². The number of hydrogen-bond donors (Lipinski definition) is 1. The Labute approximate surface area is 172 Å². The Morgan fingerprint density at radius 1 is 1.07 bits per heavy atom. The van der Waals surface area contributed by atoms with E-state index in [1.807, 2.05) is 23.9 Å². The van der Waals surface area contributed by atoms with Gasteiger partial charge in [-0.15, -0.1) is 0 Å². The lowest BCUT2D eigenvalue weighted by molar-refractivity contribution is -0.137. The third-order valence-electron chi connectivity index (χ3n) is 4.48. The maximum absolute atomic E-state index is 13.2. The maximum atomic E-state index is 13.2. The highest BCUT2D eigenvalue weighted by Gasteiger charge is 2.33. The monoisotopic (exact) mass is 409 g/mol. The number of aryl methyl sites for hydroxylation is 3. The Hall–Kier alpha value is -3.71. The molecular weight excluding hydrogens is 391 g/mol. The molecular formula is C23H18F3N3O. The van der Waals surface area contributed by atoms with E-state index >= 15 is 0 Å². The molecule has 0 radical (unpaired) electrons. The molecule has 0 aliphatic carbocycles. The third kappa shape index (κ3) is 5.21. The lowest BCUT2D eigenvalue weighted by Gasteiger charge is -2.09. The number of phenolic OH excluding ortho intramolecular Hbond substituents is 1. The van der Waals surface area contributed by atoms with Crippen molar-refractivity contribution in [2.45, 2.75) is 32.5 Å². The summed E-state index contributed by atoms with van der Waals surface area (Å²) in [5.74, 6) is 4.90. The van der Waals surface area contributed by atoms with Gasteiger partial charge in [0.15, 0.2) is 0 Å². The number of halogens is 3. The van der Waals surface area contributed by atoms with Crippen LogP contribution in [0.15, 0.2) is 48.7 Å². The highest BCUT2D eigenvalue weighted by atomic mass is 19.4. The molecule has 0 bridgehead atoms. The molecule has 0 amide bonds. The van der Waals surface area contributed by atoms with Crippen LogP contribution in [0.25, 0.3) is 0 Å². The van der Waals surface area contributed by atoms with Gasteiger partial charge < -0.3 is 5.11 Å². The first kappa shape index (κ1) is 21.0. The summed E-state index contributed by atoms with van der Waals surface area (Å²) in [6.45, 7) is 2.58. The van der Waals surface area contributed by atoms with Gasteiger partial charge in [0, 0.05) is 23.9 Å². The average Bonchev–Trinajstić information content (AvgIpc) is 3.12. The molecule has 0 saturated heterocycles. The topological polar surface area (TPSA) is 61.8 Å². The molecule has 1 aromatic heterocycles. The van der Waals surface area contributed by atoms with Crippen molar-refractivity contribution < 1.29 is 18.3 Å². The van der Waals surface area contributed by atoms with Gasteiger partial charge in [-0.25, -0.2) is 0 Å². The first-order chi connectivity index (χ1) is 14.3. The molecule has 4 nitrogen and oxygen atoms in total. The van der Waals surface area contributed by atoms with Crippen LogP contribution in [0, 0.1) is 30.1 Å². The van der Waals surface area contributed by atoms with E-state index in [1.54, 1.807) is 18.2 Å². The van der Waals surface area contributed by atoms with E-state index in [-0.39, 0.29) is 5.56 Å². The second-order valence-electron chi connectivity index (χ2n) is 6.79. The fourth-order valence-electron chi connectivity index (χ4n) is 3.02. The molecule has 152 valence electrons. The largest absolute Gasteiger partial charge is 0.508 e. The molecule has 3 rings (SSSR count). The van der Waals surface area contributed by atoms with E-state index in [0.29, 0.717) is 30.2 Å². The highest BCUT2D eigenvalue weighted by molar-refractivity contribution is 5.53. The van der Waals surface area contributed by atoms with Crippen molar-refractivity contribution in [3.05, 3.63) is 82.2 Å². The molecule has 0 aliphatic rings. The fraction of sp³-hybridized carbons (Fsp3) is 0.217. The molecule has 1 heterocycles. The van der Waals surface area contributed by atoms with Crippen LogP contribution in [0.5, 0.6) is 5.75 Å². The van der Waals surface area contributed by atoms with Crippen molar-refractivity contribution in [3.8, 4) is 23.7 Å². The third-order valence-corrected chi connectivity index (χ3v) is 4.48. The molecule has 2 aromatic carbocycles. The molecule has 0 saturated carbocycles. The van der Waals surface area contributed by atoms with Crippen LogP contribution in [0.1, 0.15) is 39.9 Å². The molecule has 30 heavy (non-hydrogen) atoms. The van der Waals surface area contributed by atoms with Gasteiger partial charge in [-0.1, -0.05) is 11.8 Å². The van der Waals surface area contributed by atoms with Crippen LogP contribution in [0.2, 0.25) is 0 Å². The highest BCUT2D eigenvalue weighted by Crippen LogP contribution is 2.33. The SMILES string of the molecule is Cc1ccn(CCCc2cc(C#N)ccc2C#Cc2ccc(O)cc2C(F)(F)F)n1. The number of rotatable bonds is 4. The predicted molar refractivity (Wildman–Crippen MR) is 106 cm³/mol. The van der Waals surface area contributed by atoms with E-state index in [1.165, 1.54) is 6.07 Å². The summed E-state index contributed by atoms with van der Waals surface area (Å²) in [6, 6.07) is 11.9. The number of nitriles is 1. The van der Waals surface area contributed by atoms with Crippen LogP contribution < -0.4 is 0 Å². The number of nitrogens with zero attached hydrogens (tertiary/aromatic N) is 3. The van der Waals surface area contributed by atoms with Gasteiger partial charge in [-0.3, -0.25) is 4.68 Å². The minimum atomic E-state index is -4.63. The molecule has 0 fully saturated rings. The van der Waals surface area contributed by atoms with Gasteiger partial charge >= 0.3 is 6.18 Å². The first-order valence-electron chi connectivity index (χ1n) is 9.21. The first-order valence-corrected chi connectivity index (χ1v) is 9.21. The zero-order valence-electron chi connectivity index (χ0n) is 16.2. The molecule has 1 N–H and O–H groups in total. The number of aromatic hydroxyl groups is 1. The van der Waals surface area contributed by atoms with E-state index in [2.05, 4.69) is 23.0 Å². The van der Waals surface area contributed by atoms with Crippen molar-refractivity contribution in [2.75, 3.05) is 0 Å². The minimum Gasteiger partial charge on any atom is -0.508 e. The van der Waals surface area contributed by atoms with Crippen molar-refractivity contribution >= 4 is 0 Å². The van der Waals surface area contributed by atoms with Gasteiger partial charge in [-0.2, -0.15) is 23.5 Å². The van der Waals surface area contributed by atoms with Crippen LogP contribution in [0.3, 0.4) is 0 Å². The van der Waals surface area contributed by atoms with Gasteiger partial charge in [0.25, 0.3) is 0 Å². The lowest BCUT2D eigenvalue weighted by Crippen LogP contribution is -2.07. The molecule has 0 spiro atoms. The second-order valence-corrected chi connectivity index (χ2v) is 6.79. The number of aromatic nitrogens is 2. The Morgan fingerprint density at radius 2 is 1.80 bits per heavy atom. The summed E-state index contributed by atoms with van der Waals surface area (Å²) in [5.41, 5.74) is 1.53. The van der Waals surface area contributed by atoms with E-state index in [4.69, 9.17) is 0 Å². The Morgan fingerprint density at radius 3 is 2.47 bits per heavy atom. The van der Waals surface area contributed by atoms with Crippen molar-refractivity contribution in [1.82, 2.24) is 9.78 Å². The summed E-state index contributed by atoms with van der Waals surface area (Å²) in [5, 5.41) is 22.9. The maximum Gasteiger partial charge on any atom is 0.417 e. The number of benzene rings is 2. The minimum absolute atomic E-state index is 0.220. The van der Waals surface area contributed by atoms with Crippen LogP contribution in [-0.2, 0) is 19.1 Å². The molecule has 7 heteroatoms. The van der Waals surface area contributed by atoms with Gasteiger partial charge in [0.2, 0.25) is 0 Å². The number of phenols is 1. The van der Waals surface area contributed by atoms with E-state index in [9.17, 15) is 23.5 Å². The van der Waals surface area contributed by atoms with Crippen molar-refractivity contribution in [1.29, 1.82) is 5.26 Å². The summed E-state index contributed by atoms with van der Waals surface area (Å²) >= 11 is 0. The standard InChI is InChI=1S/C23H18F3N3O/c1-16-10-12-29(28-16)11-2-3-20-13-17(15-27)4-5-18(20)6-7-19-8-9-21(30)14-22(19)23(24,25)26/h4-5,8-10,12-14,30H,2-3,11H2,1H3. The molecule has 3 aromatic rings. The summed E-state index contributed by atoms with van der Waals surface area (Å²) in [6.07, 6.45) is -1.42. The molecule has 0 atom stereocenters. The van der Waals surface area contributed by atoms with E-state index in [0.717, 1.165) is 23.7 Å². The van der Waals surface area contributed by atoms with Crippen LogP contribution >= 0.6 is 0 Å². The Kier molecular flexibility index (Phi) is 6.13. The lowest BCUT2D eigenvalue weighted by atomic mass is 9.99. The van der Waals surface area contributed by atoms with Crippen LogP contribution in [0.4, 0.5) is 13.2 Å². The zero-order chi connectivity index (χ0) is 21.7. The summed E-state index contributed by atoms with van der Waals surface area (Å²) in [7, 11) is 0. The van der Waals surface area contributed by atoms with Gasteiger partial charge in [0.1, 0.15) is 5.75 Å². The number of alkyl halides is 3. The van der Waals surface area contributed by atoms with Crippen LogP contribution in [-0.4, -0.2) is 14.9 Å². The van der Waals surface area contributed by atoms with Gasteiger partial charge in [-0.05, 0) is 67.8 Å². The summed E-state index contributed by atoms with van der Waals surface area (Å²) in [4.78, 5) is 0. The smallest absolute Gasteiger partial charge is 0.417 e. The Balaban J connectivity index is 1.88. The fourth-order valence-corrected chi connectivity index (χ4v) is 3.02. The van der Waals surface area contributed by atoms with E-state index < -0.39 is 17.5 Å². The average molecular weight is 409 g/mol. The normalized spacial score (nSPS) is 10.9.